The molecular formula is C26H32CoO2P3-. The van der Waals surface area contributed by atoms with E-state index in [1.807, 2.05) is 60.7 Å². The van der Waals surface area contributed by atoms with Crippen LogP contribution in [0.3, 0.4) is 0 Å². The van der Waals surface area contributed by atoms with E-state index in [2.05, 4.69) is 77.2 Å². The Bertz CT molecular complexity index is 819. The van der Waals surface area contributed by atoms with Crippen molar-refractivity contribution in [1.29, 1.82) is 0 Å². The minimum atomic E-state index is -0.735. The second kappa shape index (κ2) is 20.5. The summed E-state index contributed by atoms with van der Waals surface area (Å²) in [5, 5.41) is 3.53. The van der Waals surface area contributed by atoms with E-state index < -0.39 is 7.92 Å². The van der Waals surface area contributed by atoms with Crippen molar-refractivity contribution in [2.45, 2.75) is 0 Å². The molecule has 0 unspecified atom stereocenters. The maximum Gasteiger partial charge on any atom is 0 e. The number of hydrogen-bond donors (Lipinski definition) is 0. The molecule has 0 atom stereocenters. The van der Waals surface area contributed by atoms with E-state index in [-0.39, 0.29) is 16.8 Å². The summed E-state index contributed by atoms with van der Waals surface area (Å²) < 4.78 is 7.50. The standard InChI is InChI=1S/C19H14OP.2C3H9P.CO.Co/c20-15-16-9-7-8-14-19(16)21(17-10-3-1-4-11-17)18-12-5-2-6-13-18;2*1-4(2)3;1-2;/h1-14H;2*1-3H3;;/q-1;;;;. The molecule has 1 radical (unpaired) electrons. The van der Waals surface area contributed by atoms with Crippen LogP contribution in [0.15, 0.2) is 84.9 Å². The van der Waals surface area contributed by atoms with Crippen molar-refractivity contribution in [1.82, 2.24) is 0 Å². The van der Waals surface area contributed by atoms with Crippen LogP contribution in [-0.2, 0) is 26.2 Å². The van der Waals surface area contributed by atoms with Crippen LogP contribution in [0, 0.1) is 6.65 Å². The number of rotatable bonds is 4. The molecule has 0 fully saturated rings. The first kappa shape index (κ1) is 33.0. The zero-order valence-corrected chi connectivity index (χ0v) is 23.3. The minimum Gasteiger partial charge on any atom is 0 e. The van der Waals surface area contributed by atoms with Gasteiger partial charge in [-0.2, -0.15) is 6.07 Å². The third kappa shape index (κ3) is 14.1. The number of carbonyl (C=O) groups excluding carboxylic acids is 1. The Morgan fingerprint density at radius 3 is 1.28 bits per heavy atom. The summed E-state index contributed by atoms with van der Waals surface area (Å²) in [4.78, 5) is 11.3. The predicted octanol–water partition coefficient (Wildman–Crippen LogP) is 5.58. The Morgan fingerprint density at radius 2 is 0.938 bits per heavy atom. The average molecular weight is 528 g/mol. The second-order valence-electron chi connectivity index (χ2n) is 7.31. The summed E-state index contributed by atoms with van der Waals surface area (Å²) in [6.45, 7) is 17.9. The molecule has 0 N–H and O–H groups in total. The Hall–Kier alpha value is -1.13. The largest absolute Gasteiger partial charge is 0 e. The van der Waals surface area contributed by atoms with Gasteiger partial charge in [-0.3, -0.25) is 0 Å². The molecule has 0 bridgehead atoms. The van der Waals surface area contributed by atoms with Crippen molar-refractivity contribution in [3.05, 3.63) is 97.1 Å². The fourth-order valence-electron chi connectivity index (χ4n) is 2.34. The summed E-state index contributed by atoms with van der Waals surface area (Å²) in [7, 11) is 0.0242. The molecule has 0 aliphatic rings. The third-order valence-corrected chi connectivity index (χ3v) is 5.78. The summed E-state index contributed by atoms with van der Waals surface area (Å²) in [5.74, 6) is 0. The Morgan fingerprint density at radius 1 is 0.625 bits per heavy atom. The molecule has 0 saturated heterocycles. The molecule has 0 aromatic heterocycles. The first-order valence-corrected chi connectivity index (χ1v) is 16.4. The van der Waals surface area contributed by atoms with E-state index in [1.165, 1.54) is 10.6 Å². The van der Waals surface area contributed by atoms with Crippen LogP contribution in [0.4, 0.5) is 0 Å². The summed E-state index contributed by atoms with van der Waals surface area (Å²) in [5.41, 5.74) is 0.649. The third-order valence-electron chi connectivity index (χ3n) is 3.28. The zero-order chi connectivity index (χ0) is 23.6. The van der Waals surface area contributed by atoms with Crippen LogP contribution in [0.1, 0.15) is 5.56 Å². The normalized spacial score (nSPS) is 9.22. The van der Waals surface area contributed by atoms with E-state index in [1.54, 1.807) is 0 Å². The van der Waals surface area contributed by atoms with Crippen LogP contribution >= 0.6 is 23.8 Å². The maximum absolute atomic E-state index is 11.3. The summed E-state index contributed by atoms with van der Waals surface area (Å²) in [6, 6.07) is 28.4. The van der Waals surface area contributed by atoms with Crippen molar-refractivity contribution in [2.24, 2.45) is 0 Å². The topological polar surface area (TPSA) is 37.0 Å². The molecule has 6 heteroatoms. The molecule has 0 amide bonds. The molecule has 3 aromatic carbocycles. The van der Waals surface area contributed by atoms with Crippen LogP contribution in [0.25, 0.3) is 0 Å². The fourth-order valence-corrected chi connectivity index (χ4v) is 4.73. The van der Waals surface area contributed by atoms with Crippen LogP contribution in [-0.4, -0.2) is 46.3 Å². The van der Waals surface area contributed by atoms with Gasteiger partial charge < -0.3 is 4.79 Å². The molecule has 3 aromatic rings. The molecule has 0 aliphatic carbocycles. The molecule has 0 aliphatic heterocycles. The van der Waals surface area contributed by atoms with Crippen LogP contribution in [0.5, 0.6) is 0 Å². The molecule has 173 valence electrons. The van der Waals surface area contributed by atoms with E-state index in [4.69, 9.17) is 4.65 Å². The van der Waals surface area contributed by atoms with Gasteiger partial charge >= 0.3 is 11.3 Å². The SMILES string of the molecule is CP(C)C.CP(C)C.O=[C-]c1ccccc1P(c1ccccc1)c1ccccc1.[C-]#[O+].[Co]. The summed E-state index contributed by atoms with van der Waals surface area (Å²) in [6.07, 6.45) is 2.08. The molecule has 0 spiro atoms. The molecular weight excluding hydrogens is 496 g/mol. The quantitative estimate of drug-likeness (QED) is 0.248. The van der Waals surface area contributed by atoms with Crippen LogP contribution in [0.2, 0.25) is 0 Å². The van der Waals surface area contributed by atoms with Crippen molar-refractivity contribution >= 4 is 46.0 Å². The Kier molecular flexibility index (Phi) is 21.1. The Balaban J connectivity index is 0. The van der Waals surface area contributed by atoms with Gasteiger partial charge in [0.2, 0.25) is 0 Å². The van der Waals surface area contributed by atoms with E-state index in [0.717, 1.165) is 5.30 Å². The molecule has 0 heterocycles. The monoisotopic (exact) mass is 528 g/mol. The van der Waals surface area contributed by atoms with Crippen LogP contribution < -0.4 is 15.9 Å². The van der Waals surface area contributed by atoms with Gasteiger partial charge in [0.15, 0.2) is 0 Å². The van der Waals surface area contributed by atoms with Gasteiger partial charge in [0.05, 0.1) is 6.29 Å². The van der Waals surface area contributed by atoms with Gasteiger partial charge in [0, 0.05) is 16.8 Å². The van der Waals surface area contributed by atoms with Crippen molar-refractivity contribution in [3.8, 4) is 0 Å². The Labute approximate surface area is 208 Å². The molecule has 0 saturated carbocycles. The summed E-state index contributed by atoms with van der Waals surface area (Å²) >= 11 is 0. The van der Waals surface area contributed by atoms with Crippen molar-refractivity contribution < 1.29 is 26.2 Å². The predicted molar refractivity (Wildman–Crippen MR) is 143 cm³/mol. The van der Waals surface area contributed by atoms with E-state index in [0.29, 0.717) is 21.4 Å². The minimum absolute atomic E-state index is 0. The smallest absolute Gasteiger partial charge is 0 e. The van der Waals surface area contributed by atoms with E-state index >= 15 is 0 Å². The van der Waals surface area contributed by atoms with Gasteiger partial charge in [0.1, 0.15) is 0 Å². The molecule has 3 rings (SSSR count). The first-order valence-electron chi connectivity index (χ1n) is 9.66. The fraction of sp³-hybridized carbons (Fsp3) is 0.231. The number of hydrogen-bond acceptors (Lipinski definition) is 1. The zero-order valence-electron chi connectivity index (χ0n) is 19.6. The van der Waals surface area contributed by atoms with Gasteiger partial charge in [0.25, 0.3) is 0 Å². The van der Waals surface area contributed by atoms with Gasteiger partial charge in [-0.15, -0.1) is 38.8 Å². The number of benzene rings is 3. The second-order valence-corrected chi connectivity index (χ2v) is 14.9. The van der Waals surface area contributed by atoms with Crippen molar-refractivity contribution in [3.63, 3.8) is 0 Å². The average Bonchev–Trinajstić information content (AvgIpc) is 2.76. The van der Waals surface area contributed by atoms with Gasteiger partial charge in [-0.1, -0.05) is 74.7 Å². The van der Waals surface area contributed by atoms with Gasteiger partial charge in [-0.05, 0) is 50.6 Å². The van der Waals surface area contributed by atoms with Gasteiger partial charge in [-0.25, -0.2) is 0 Å². The first-order chi connectivity index (χ1) is 14.9. The van der Waals surface area contributed by atoms with Crippen molar-refractivity contribution in [2.75, 3.05) is 40.0 Å². The molecule has 2 nitrogen and oxygen atoms in total. The van der Waals surface area contributed by atoms with E-state index in [9.17, 15) is 4.79 Å². The molecule has 32 heavy (non-hydrogen) atoms. The maximum atomic E-state index is 11.3.